The quantitative estimate of drug-likeness (QED) is 0.161. The molecule has 0 fully saturated rings. The first kappa shape index (κ1) is 33.4. The summed E-state index contributed by atoms with van der Waals surface area (Å²) in [4.78, 5) is 2.47. The standard InChI is InChI=1S/C53H43N/c1-36-32-45(44-19-13-18-43(34-44)39-16-9-6-10-17-39)33-37(2)52(36)54(47-30-31-49-48-20-11-12-21-50(48)53(3,4)51(49)35-47)46-28-26-42(27-29-46)41-24-22-40(23-25-41)38-14-7-5-8-15-38/h5-35H,1-4H3. The van der Waals surface area contributed by atoms with Crippen LogP contribution in [0.1, 0.15) is 36.1 Å². The molecule has 8 aromatic rings. The van der Waals surface area contributed by atoms with Gasteiger partial charge in [0.2, 0.25) is 0 Å². The summed E-state index contributed by atoms with van der Waals surface area (Å²) in [5.74, 6) is 0. The first-order valence-electron chi connectivity index (χ1n) is 18.9. The van der Waals surface area contributed by atoms with Crippen LogP contribution in [0.4, 0.5) is 17.1 Å². The summed E-state index contributed by atoms with van der Waals surface area (Å²) < 4.78 is 0. The number of fused-ring (bicyclic) bond motifs is 3. The normalized spacial score (nSPS) is 12.6. The van der Waals surface area contributed by atoms with Gasteiger partial charge >= 0.3 is 0 Å². The van der Waals surface area contributed by atoms with E-state index in [-0.39, 0.29) is 5.41 Å². The van der Waals surface area contributed by atoms with Crippen molar-refractivity contribution >= 4 is 17.1 Å². The molecular formula is C53H43N. The molecule has 1 heteroatoms. The number of rotatable bonds is 7. The van der Waals surface area contributed by atoms with Crippen LogP contribution in [0.3, 0.4) is 0 Å². The highest BCUT2D eigenvalue weighted by atomic mass is 15.1. The van der Waals surface area contributed by atoms with Gasteiger partial charge in [0.15, 0.2) is 0 Å². The molecule has 0 bridgehead atoms. The zero-order valence-electron chi connectivity index (χ0n) is 31.3. The second kappa shape index (κ2) is 13.5. The molecule has 54 heavy (non-hydrogen) atoms. The fourth-order valence-corrected chi connectivity index (χ4v) is 8.51. The van der Waals surface area contributed by atoms with Crippen LogP contribution in [0.5, 0.6) is 0 Å². The van der Waals surface area contributed by atoms with E-state index in [9.17, 15) is 0 Å². The Morgan fingerprint density at radius 2 is 0.778 bits per heavy atom. The number of nitrogens with zero attached hydrogens (tertiary/aromatic N) is 1. The Bertz CT molecular complexity index is 2590. The minimum absolute atomic E-state index is 0.0961. The topological polar surface area (TPSA) is 3.24 Å². The Balaban J connectivity index is 1.13. The summed E-state index contributed by atoms with van der Waals surface area (Å²) in [6, 6.07) is 68.8. The van der Waals surface area contributed by atoms with Crippen molar-refractivity contribution < 1.29 is 0 Å². The van der Waals surface area contributed by atoms with Gasteiger partial charge in [-0.1, -0.05) is 159 Å². The van der Waals surface area contributed by atoms with Gasteiger partial charge < -0.3 is 4.90 Å². The van der Waals surface area contributed by atoms with Crippen LogP contribution in [0.25, 0.3) is 55.6 Å². The summed E-state index contributed by atoms with van der Waals surface area (Å²) in [6.07, 6.45) is 0. The van der Waals surface area contributed by atoms with E-state index in [0.29, 0.717) is 0 Å². The lowest BCUT2D eigenvalue weighted by Gasteiger charge is -2.31. The fourth-order valence-electron chi connectivity index (χ4n) is 8.51. The van der Waals surface area contributed by atoms with Crippen LogP contribution in [0.2, 0.25) is 0 Å². The Morgan fingerprint density at radius 3 is 1.39 bits per heavy atom. The maximum absolute atomic E-state index is 2.47. The Labute approximate surface area is 319 Å². The van der Waals surface area contributed by atoms with Gasteiger partial charge in [-0.15, -0.1) is 0 Å². The Morgan fingerprint density at radius 1 is 0.333 bits per heavy atom. The minimum atomic E-state index is -0.0961. The lowest BCUT2D eigenvalue weighted by atomic mass is 9.82. The van der Waals surface area contributed by atoms with Crippen molar-refractivity contribution in [3.63, 3.8) is 0 Å². The molecular weight excluding hydrogens is 651 g/mol. The number of benzene rings is 8. The first-order chi connectivity index (χ1) is 26.3. The van der Waals surface area contributed by atoms with Crippen LogP contribution >= 0.6 is 0 Å². The highest BCUT2D eigenvalue weighted by Gasteiger charge is 2.36. The third kappa shape index (κ3) is 5.93. The van der Waals surface area contributed by atoms with E-state index in [2.05, 4.69) is 221 Å². The molecule has 0 N–H and O–H groups in total. The van der Waals surface area contributed by atoms with Crippen molar-refractivity contribution in [2.75, 3.05) is 4.90 Å². The summed E-state index contributed by atoms with van der Waals surface area (Å²) in [5, 5.41) is 0. The van der Waals surface area contributed by atoms with E-state index in [1.807, 2.05) is 0 Å². The number of hydrogen-bond acceptors (Lipinski definition) is 1. The zero-order valence-corrected chi connectivity index (χ0v) is 31.3. The van der Waals surface area contributed by atoms with E-state index in [4.69, 9.17) is 0 Å². The highest BCUT2D eigenvalue weighted by Crippen LogP contribution is 2.51. The van der Waals surface area contributed by atoms with Crippen molar-refractivity contribution in [2.45, 2.75) is 33.1 Å². The largest absolute Gasteiger partial charge is 0.310 e. The summed E-state index contributed by atoms with van der Waals surface area (Å²) in [5.41, 5.74) is 21.1. The molecule has 1 nitrogen and oxygen atoms in total. The van der Waals surface area contributed by atoms with Gasteiger partial charge in [0.1, 0.15) is 0 Å². The predicted molar refractivity (Wildman–Crippen MR) is 230 cm³/mol. The van der Waals surface area contributed by atoms with Gasteiger partial charge in [0.05, 0.1) is 5.69 Å². The van der Waals surface area contributed by atoms with Crippen LogP contribution in [-0.4, -0.2) is 0 Å². The Kier molecular flexibility index (Phi) is 8.36. The minimum Gasteiger partial charge on any atom is -0.310 e. The molecule has 0 unspecified atom stereocenters. The highest BCUT2D eigenvalue weighted by molar-refractivity contribution is 5.88. The molecule has 0 atom stereocenters. The third-order valence-corrected chi connectivity index (χ3v) is 11.3. The number of hydrogen-bond donors (Lipinski definition) is 0. The monoisotopic (exact) mass is 693 g/mol. The van der Waals surface area contributed by atoms with Crippen molar-refractivity contribution in [3.8, 4) is 55.6 Å². The Hall–Kier alpha value is -6.44. The smallest absolute Gasteiger partial charge is 0.0520 e. The maximum atomic E-state index is 2.47. The van der Waals surface area contributed by atoms with Crippen LogP contribution in [0.15, 0.2) is 188 Å². The third-order valence-electron chi connectivity index (χ3n) is 11.3. The van der Waals surface area contributed by atoms with Gasteiger partial charge in [-0.05, 0) is 134 Å². The van der Waals surface area contributed by atoms with Crippen molar-refractivity contribution in [2.24, 2.45) is 0 Å². The molecule has 0 saturated carbocycles. The van der Waals surface area contributed by atoms with E-state index in [1.165, 1.54) is 89.3 Å². The van der Waals surface area contributed by atoms with Crippen molar-refractivity contribution in [1.29, 1.82) is 0 Å². The molecule has 1 aliphatic carbocycles. The molecule has 9 rings (SSSR count). The lowest BCUT2D eigenvalue weighted by molar-refractivity contribution is 0.660. The zero-order chi connectivity index (χ0) is 36.8. The predicted octanol–water partition coefficient (Wildman–Crippen LogP) is 14.7. The SMILES string of the molecule is Cc1cc(-c2cccc(-c3ccccc3)c2)cc(C)c1N(c1ccc(-c2ccc(-c3ccccc3)cc2)cc1)c1ccc2c(c1)C(C)(C)c1ccccc1-2. The molecule has 0 saturated heterocycles. The van der Waals surface area contributed by atoms with Gasteiger partial charge in [-0.2, -0.15) is 0 Å². The number of aryl methyl sites for hydroxylation is 2. The maximum Gasteiger partial charge on any atom is 0.0520 e. The molecule has 0 aromatic heterocycles. The van der Waals surface area contributed by atoms with Gasteiger partial charge in [0, 0.05) is 16.8 Å². The van der Waals surface area contributed by atoms with Crippen LogP contribution in [0, 0.1) is 13.8 Å². The number of anilines is 3. The van der Waals surface area contributed by atoms with Crippen molar-refractivity contribution in [1.82, 2.24) is 0 Å². The molecule has 0 spiro atoms. The van der Waals surface area contributed by atoms with E-state index >= 15 is 0 Å². The first-order valence-corrected chi connectivity index (χ1v) is 18.9. The van der Waals surface area contributed by atoms with Gasteiger partial charge in [-0.3, -0.25) is 0 Å². The second-order valence-corrected chi connectivity index (χ2v) is 15.1. The van der Waals surface area contributed by atoms with Crippen LogP contribution in [-0.2, 0) is 5.41 Å². The molecule has 0 amide bonds. The fraction of sp³-hybridized carbons (Fsp3) is 0.0943. The van der Waals surface area contributed by atoms with Crippen LogP contribution < -0.4 is 4.90 Å². The average molecular weight is 694 g/mol. The van der Waals surface area contributed by atoms with E-state index in [0.717, 1.165) is 5.69 Å². The summed E-state index contributed by atoms with van der Waals surface area (Å²) in [6.45, 7) is 9.24. The second-order valence-electron chi connectivity index (χ2n) is 15.1. The summed E-state index contributed by atoms with van der Waals surface area (Å²) >= 11 is 0. The molecule has 1 aliphatic rings. The molecule has 0 aliphatic heterocycles. The van der Waals surface area contributed by atoms with Gasteiger partial charge in [-0.25, -0.2) is 0 Å². The summed E-state index contributed by atoms with van der Waals surface area (Å²) in [7, 11) is 0. The molecule has 8 aromatic carbocycles. The van der Waals surface area contributed by atoms with Gasteiger partial charge in [0.25, 0.3) is 0 Å². The van der Waals surface area contributed by atoms with E-state index in [1.54, 1.807) is 0 Å². The lowest BCUT2D eigenvalue weighted by Crippen LogP contribution is -2.17. The molecule has 0 radical (unpaired) electrons. The molecule has 260 valence electrons. The van der Waals surface area contributed by atoms with Crippen molar-refractivity contribution in [3.05, 3.63) is 210 Å². The molecule has 0 heterocycles. The van der Waals surface area contributed by atoms with E-state index < -0.39 is 0 Å². The average Bonchev–Trinajstić information content (AvgIpc) is 3.45.